The molecule has 8 aromatic rings. The van der Waals surface area contributed by atoms with Crippen LogP contribution in [0.2, 0.25) is 0 Å². The largest absolute Gasteiger partial charge is 0.355 e. The van der Waals surface area contributed by atoms with Crippen molar-refractivity contribution in [1.82, 2.24) is 14.1 Å². The summed E-state index contributed by atoms with van der Waals surface area (Å²) in [5.74, 6) is 0.958. The summed E-state index contributed by atoms with van der Waals surface area (Å²) < 4.78 is 4.61. The van der Waals surface area contributed by atoms with Crippen molar-refractivity contribution in [3.8, 4) is 28.2 Å². The second-order valence-electron chi connectivity index (χ2n) is 11.9. The molecule has 0 atom stereocenters. The molecule has 5 nitrogen and oxygen atoms in total. The Bertz CT molecular complexity index is 2400. The summed E-state index contributed by atoms with van der Waals surface area (Å²) in [5.41, 5.74) is 12.8. The summed E-state index contributed by atoms with van der Waals surface area (Å²) in [7, 11) is 4.27. The van der Waals surface area contributed by atoms with Gasteiger partial charge in [-0.1, -0.05) is 84.9 Å². The SMILES string of the molecule is CN1CN(c2cccc(-n3c4ccccc4c4ccc(-c5nc6cc(-c7ccccc7)ccc6n5C)cc43)c2)c2ccccc21. The van der Waals surface area contributed by atoms with Crippen LogP contribution < -0.4 is 9.80 Å². The van der Waals surface area contributed by atoms with E-state index in [1.165, 1.54) is 50.0 Å². The second kappa shape index (κ2) is 9.86. The number of hydrogen-bond acceptors (Lipinski definition) is 3. The minimum absolute atomic E-state index is 0.818. The van der Waals surface area contributed by atoms with Gasteiger partial charge in [0.05, 0.1) is 40.1 Å². The minimum atomic E-state index is 0.818. The molecule has 216 valence electrons. The van der Waals surface area contributed by atoms with Crippen molar-refractivity contribution in [2.75, 3.05) is 23.5 Å². The van der Waals surface area contributed by atoms with Crippen molar-refractivity contribution < 1.29 is 0 Å². The Hall–Kier alpha value is -5.81. The number of aryl methyl sites for hydroxylation is 1. The van der Waals surface area contributed by atoms with Gasteiger partial charge in [0.15, 0.2) is 0 Å². The number of rotatable bonds is 4. The lowest BCUT2D eigenvalue weighted by atomic mass is 10.1. The molecule has 0 bridgehead atoms. The summed E-state index contributed by atoms with van der Waals surface area (Å²) in [6, 6.07) is 50.1. The molecule has 0 fully saturated rings. The molecule has 6 aromatic carbocycles. The van der Waals surface area contributed by atoms with Crippen LogP contribution in [0.25, 0.3) is 61.0 Å². The molecule has 0 amide bonds. The van der Waals surface area contributed by atoms with Gasteiger partial charge in [0.25, 0.3) is 0 Å². The molecule has 45 heavy (non-hydrogen) atoms. The molecule has 5 heteroatoms. The van der Waals surface area contributed by atoms with Crippen LogP contribution >= 0.6 is 0 Å². The number of aromatic nitrogens is 3. The van der Waals surface area contributed by atoms with E-state index in [4.69, 9.17) is 4.98 Å². The average Bonchev–Trinajstić information content (AvgIpc) is 3.73. The molecular weight excluding hydrogens is 550 g/mol. The lowest BCUT2D eigenvalue weighted by Gasteiger charge is -2.21. The van der Waals surface area contributed by atoms with Gasteiger partial charge >= 0.3 is 0 Å². The van der Waals surface area contributed by atoms with E-state index in [0.717, 1.165) is 34.8 Å². The Labute approximate surface area is 261 Å². The van der Waals surface area contributed by atoms with Gasteiger partial charge in [-0.15, -0.1) is 0 Å². The van der Waals surface area contributed by atoms with Gasteiger partial charge < -0.3 is 18.9 Å². The summed E-state index contributed by atoms with van der Waals surface area (Å²) in [4.78, 5) is 9.86. The van der Waals surface area contributed by atoms with Crippen LogP contribution in [0.1, 0.15) is 0 Å². The van der Waals surface area contributed by atoms with Crippen LogP contribution in [0.3, 0.4) is 0 Å². The molecule has 3 heterocycles. The van der Waals surface area contributed by atoms with Crippen LogP contribution in [-0.4, -0.2) is 27.8 Å². The first kappa shape index (κ1) is 25.7. The number of nitrogens with zero attached hydrogens (tertiary/aromatic N) is 5. The fraction of sp³-hybridized carbons (Fsp3) is 0.0750. The number of para-hydroxylation sites is 3. The number of hydrogen-bond donors (Lipinski definition) is 0. The predicted octanol–water partition coefficient (Wildman–Crippen LogP) is 9.55. The Morgan fingerprint density at radius 3 is 2.13 bits per heavy atom. The smallest absolute Gasteiger partial charge is 0.140 e. The van der Waals surface area contributed by atoms with Gasteiger partial charge in [-0.2, -0.15) is 0 Å². The van der Waals surface area contributed by atoms with Gasteiger partial charge in [0.1, 0.15) is 5.82 Å². The molecule has 0 aliphatic carbocycles. The third kappa shape index (κ3) is 3.97. The van der Waals surface area contributed by atoms with Crippen molar-refractivity contribution >= 4 is 49.9 Å². The van der Waals surface area contributed by atoms with E-state index in [2.05, 4.69) is 173 Å². The van der Waals surface area contributed by atoms with Crippen LogP contribution in [-0.2, 0) is 7.05 Å². The maximum absolute atomic E-state index is 5.17. The molecule has 0 spiro atoms. The average molecular weight is 582 g/mol. The highest BCUT2D eigenvalue weighted by molar-refractivity contribution is 6.10. The van der Waals surface area contributed by atoms with E-state index in [1.807, 2.05) is 0 Å². The number of anilines is 3. The van der Waals surface area contributed by atoms with E-state index in [0.29, 0.717) is 0 Å². The number of benzene rings is 6. The Morgan fingerprint density at radius 2 is 1.24 bits per heavy atom. The number of imidazole rings is 1. The van der Waals surface area contributed by atoms with Crippen molar-refractivity contribution in [1.29, 1.82) is 0 Å². The molecular formula is C40H31N5. The van der Waals surface area contributed by atoms with Crippen molar-refractivity contribution in [3.63, 3.8) is 0 Å². The third-order valence-corrected chi connectivity index (χ3v) is 9.26. The summed E-state index contributed by atoms with van der Waals surface area (Å²) in [6.07, 6.45) is 0. The van der Waals surface area contributed by atoms with Crippen molar-refractivity contribution in [3.05, 3.63) is 140 Å². The van der Waals surface area contributed by atoms with Crippen LogP contribution in [0.5, 0.6) is 0 Å². The molecule has 0 saturated carbocycles. The zero-order valence-corrected chi connectivity index (χ0v) is 25.2. The Balaban J connectivity index is 1.20. The lowest BCUT2D eigenvalue weighted by Crippen LogP contribution is -2.24. The van der Waals surface area contributed by atoms with E-state index >= 15 is 0 Å². The van der Waals surface area contributed by atoms with Gasteiger partial charge in [0.2, 0.25) is 0 Å². The van der Waals surface area contributed by atoms with Crippen LogP contribution in [0.4, 0.5) is 17.1 Å². The minimum Gasteiger partial charge on any atom is -0.355 e. The normalized spacial score (nSPS) is 12.9. The molecule has 1 aliphatic rings. The van der Waals surface area contributed by atoms with Crippen molar-refractivity contribution in [2.24, 2.45) is 7.05 Å². The highest BCUT2D eigenvalue weighted by Crippen LogP contribution is 2.41. The molecule has 0 unspecified atom stereocenters. The Kier molecular flexibility index (Phi) is 5.62. The predicted molar refractivity (Wildman–Crippen MR) is 188 cm³/mol. The number of fused-ring (bicyclic) bond motifs is 5. The van der Waals surface area contributed by atoms with Gasteiger partial charge in [-0.05, 0) is 65.7 Å². The zero-order chi connectivity index (χ0) is 30.1. The fourth-order valence-corrected chi connectivity index (χ4v) is 7.06. The van der Waals surface area contributed by atoms with Gasteiger partial charge in [-0.25, -0.2) is 4.98 Å². The van der Waals surface area contributed by atoms with Gasteiger partial charge in [-0.3, -0.25) is 0 Å². The molecule has 1 aliphatic heterocycles. The monoisotopic (exact) mass is 581 g/mol. The highest BCUT2D eigenvalue weighted by atomic mass is 15.4. The quantitative estimate of drug-likeness (QED) is 0.207. The van der Waals surface area contributed by atoms with Gasteiger partial charge in [0, 0.05) is 41.8 Å². The van der Waals surface area contributed by atoms with E-state index < -0.39 is 0 Å². The first-order chi connectivity index (χ1) is 22.1. The fourth-order valence-electron chi connectivity index (χ4n) is 7.06. The highest BCUT2D eigenvalue weighted by Gasteiger charge is 2.24. The van der Waals surface area contributed by atoms with Crippen molar-refractivity contribution in [2.45, 2.75) is 0 Å². The molecule has 0 radical (unpaired) electrons. The van der Waals surface area contributed by atoms with E-state index in [1.54, 1.807) is 0 Å². The zero-order valence-electron chi connectivity index (χ0n) is 25.2. The van der Waals surface area contributed by atoms with E-state index in [9.17, 15) is 0 Å². The summed E-state index contributed by atoms with van der Waals surface area (Å²) >= 11 is 0. The third-order valence-electron chi connectivity index (χ3n) is 9.26. The van der Waals surface area contributed by atoms with E-state index in [-0.39, 0.29) is 0 Å². The lowest BCUT2D eigenvalue weighted by molar-refractivity contribution is 0.948. The maximum atomic E-state index is 5.17. The second-order valence-corrected chi connectivity index (χ2v) is 11.9. The first-order valence-corrected chi connectivity index (χ1v) is 15.4. The van der Waals surface area contributed by atoms with Crippen LogP contribution in [0, 0.1) is 0 Å². The maximum Gasteiger partial charge on any atom is 0.140 e. The topological polar surface area (TPSA) is 29.2 Å². The molecule has 2 aromatic heterocycles. The van der Waals surface area contributed by atoms with Crippen LogP contribution in [0.15, 0.2) is 140 Å². The summed E-state index contributed by atoms with van der Waals surface area (Å²) in [5, 5.41) is 2.48. The Morgan fingerprint density at radius 1 is 0.511 bits per heavy atom. The molecule has 9 rings (SSSR count). The first-order valence-electron chi connectivity index (χ1n) is 15.4. The molecule has 0 saturated heterocycles. The summed E-state index contributed by atoms with van der Waals surface area (Å²) in [6.45, 7) is 0.818. The standard InChI is InChI=1S/C40H31N5/c1-42-26-44(38-18-9-8-17-37(38)42)30-13-10-14-31(25-30)45-35-16-7-6-15-32(35)33-21-19-29(24-39(33)45)40-41-34-23-28(20-22-36(34)43(40)2)27-11-4-3-5-12-27/h3-25H,26H2,1-2H3. The molecule has 0 N–H and O–H groups in total.